The minimum atomic E-state index is -0.289. The Morgan fingerprint density at radius 3 is 2.86 bits per heavy atom. The van der Waals surface area contributed by atoms with E-state index < -0.39 is 0 Å². The minimum Gasteiger partial charge on any atom is -0.355 e. The maximum atomic E-state index is 12.2. The molecule has 22 heavy (non-hydrogen) atoms. The van der Waals surface area contributed by atoms with Crippen LogP contribution in [0.4, 0.5) is 0 Å². The predicted octanol–water partition coefficient (Wildman–Crippen LogP) is 2.64. The molecule has 0 aliphatic heterocycles. The number of hydrogen-bond donors (Lipinski definition) is 1. The highest BCUT2D eigenvalue weighted by atomic mass is 32.2. The maximum absolute atomic E-state index is 12.2. The maximum Gasteiger partial charge on any atom is 0.262 e. The molecule has 5 nitrogen and oxygen atoms in total. The number of thioether (sulfide) groups is 1. The fourth-order valence-corrected chi connectivity index (χ4v) is 3.63. The molecule has 1 unspecified atom stereocenters. The molecule has 1 N–H and O–H groups in total. The van der Waals surface area contributed by atoms with E-state index in [1.54, 1.807) is 13.1 Å². The van der Waals surface area contributed by atoms with Crippen LogP contribution in [0.15, 0.2) is 21.4 Å². The number of thiophene rings is 1. The monoisotopic (exact) mass is 339 g/mol. The van der Waals surface area contributed by atoms with Gasteiger partial charge < -0.3 is 5.32 Å². The van der Waals surface area contributed by atoms with Gasteiger partial charge in [-0.2, -0.15) is 0 Å². The number of carbonyl (C=O) groups excluding carboxylic acids is 1. The van der Waals surface area contributed by atoms with E-state index in [4.69, 9.17) is 0 Å². The van der Waals surface area contributed by atoms with Crippen LogP contribution in [0.3, 0.4) is 0 Å². The highest BCUT2D eigenvalue weighted by Crippen LogP contribution is 2.23. The lowest BCUT2D eigenvalue weighted by atomic mass is 10.1. The topological polar surface area (TPSA) is 64.0 Å². The van der Waals surface area contributed by atoms with Crippen LogP contribution in [-0.2, 0) is 11.8 Å². The Hall–Kier alpha value is -1.34. The van der Waals surface area contributed by atoms with Gasteiger partial charge in [-0.25, -0.2) is 4.98 Å². The van der Waals surface area contributed by atoms with Crippen molar-refractivity contribution in [1.29, 1.82) is 0 Å². The first-order chi connectivity index (χ1) is 10.4. The van der Waals surface area contributed by atoms with Gasteiger partial charge in [-0.05, 0) is 30.7 Å². The summed E-state index contributed by atoms with van der Waals surface area (Å²) in [5.74, 6) is 0.540. The molecule has 0 fully saturated rings. The SMILES string of the molecule is CC(C)CCNC(=O)C(C)Sc1nc2sccc2c(=O)n1C. The van der Waals surface area contributed by atoms with Crippen LogP contribution in [0.2, 0.25) is 0 Å². The molecule has 2 aromatic heterocycles. The van der Waals surface area contributed by atoms with Crippen LogP contribution in [0.25, 0.3) is 10.2 Å². The molecule has 1 amide bonds. The summed E-state index contributed by atoms with van der Waals surface area (Å²) in [6.45, 7) is 6.76. The molecular weight excluding hydrogens is 318 g/mol. The highest BCUT2D eigenvalue weighted by Gasteiger charge is 2.18. The van der Waals surface area contributed by atoms with Crippen molar-refractivity contribution in [2.45, 2.75) is 37.6 Å². The third kappa shape index (κ3) is 3.89. The zero-order valence-corrected chi connectivity index (χ0v) is 14.9. The molecule has 2 aromatic rings. The van der Waals surface area contributed by atoms with Crippen LogP contribution in [0.5, 0.6) is 0 Å². The lowest BCUT2D eigenvalue weighted by molar-refractivity contribution is -0.120. The Balaban J connectivity index is 2.08. The van der Waals surface area contributed by atoms with E-state index in [0.717, 1.165) is 11.3 Å². The van der Waals surface area contributed by atoms with Gasteiger partial charge in [-0.1, -0.05) is 25.6 Å². The summed E-state index contributed by atoms with van der Waals surface area (Å²) >= 11 is 2.75. The predicted molar refractivity (Wildman–Crippen MR) is 92.6 cm³/mol. The van der Waals surface area contributed by atoms with E-state index in [1.165, 1.54) is 27.7 Å². The Labute approximate surface area is 138 Å². The van der Waals surface area contributed by atoms with Crippen molar-refractivity contribution in [3.05, 3.63) is 21.8 Å². The average Bonchev–Trinajstić information content (AvgIpc) is 2.92. The van der Waals surface area contributed by atoms with E-state index in [9.17, 15) is 9.59 Å². The summed E-state index contributed by atoms with van der Waals surface area (Å²) < 4.78 is 1.51. The Morgan fingerprint density at radius 2 is 2.18 bits per heavy atom. The summed E-state index contributed by atoms with van der Waals surface area (Å²) in [5, 5.41) is 5.70. The lowest BCUT2D eigenvalue weighted by Gasteiger charge is -2.14. The number of nitrogens with one attached hydrogen (secondary N) is 1. The standard InChI is InChI=1S/C15H21N3O2S2/c1-9(2)5-7-16-12(19)10(3)22-15-17-13-11(6-8-21-13)14(20)18(15)4/h6,8-10H,5,7H2,1-4H3,(H,16,19). The van der Waals surface area contributed by atoms with Gasteiger partial charge in [0.25, 0.3) is 5.56 Å². The van der Waals surface area contributed by atoms with Gasteiger partial charge in [0.05, 0.1) is 10.6 Å². The average molecular weight is 339 g/mol. The van der Waals surface area contributed by atoms with Crippen LogP contribution in [0, 0.1) is 5.92 Å². The Bertz CT molecular complexity index is 721. The third-order valence-corrected chi connectivity index (χ3v) is 5.29. The molecule has 2 heterocycles. The highest BCUT2D eigenvalue weighted by molar-refractivity contribution is 8.00. The van der Waals surface area contributed by atoms with Crippen molar-refractivity contribution in [1.82, 2.24) is 14.9 Å². The van der Waals surface area contributed by atoms with Crippen LogP contribution < -0.4 is 10.9 Å². The Morgan fingerprint density at radius 1 is 1.45 bits per heavy atom. The number of hydrogen-bond acceptors (Lipinski definition) is 5. The largest absolute Gasteiger partial charge is 0.355 e. The molecule has 0 bridgehead atoms. The van der Waals surface area contributed by atoms with Gasteiger partial charge in [-0.15, -0.1) is 11.3 Å². The summed E-state index contributed by atoms with van der Waals surface area (Å²) in [4.78, 5) is 29.5. The minimum absolute atomic E-state index is 0.0221. The molecule has 120 valence electrons. The van der Waals surface area contributed by atoms with E-state index in [1.807, 2.05) is 12.3 Å². The molecule has 2 rings (SSSR count). The van der Waals surface area contributed by atoms with Crippen LogP contribution in [-0.4, -0.2) is 27.3 Å². The molecule has 0 aliphatic carbocycles. The van der Waals surface area contributed by atoms with E-state index in [0.29, 0.717) is 23.0 Å². The molecule has 0 aliphatic rings. The smallest absolute Gasteiger partial charge is 0.262 e. The summed E-state index contributed by atoms with van der Waals surface area (Å²) in [7, 11) is 1.69. The molecular formula is C15H21N3O2S2. The van der Waals surface area contributed by atoms with Gasteiger partial charge in [-0.3, -0.25) is 14.2 Å². The first kappa shape index (κ1) is 17.0. The fourth-order valence-electron chi connectivity index (χ4n) is 1.92. The summed E-state index contributed by atoms with van der Waals surface area (Å²) in [6.07, 6.45) is 0.959. The third-order valence-electron chi connectivity index (χ3n) is 3.34. The van der Waals surface area contributed by atoms with Crippen LogP contribution >= 0.6 is 23.1 Å². The molecule has 0 saturated carbocycles. The van der Waals surface area contributed by atoms with Crippen molar-refractivity contribution in [3.8, 4) is 0 Å². The van der Waals surface area contributed by atoms with Gasteiger partial charge in [0, 0.05) is 13.6 Å². The second-order valence-electron chi connectivity index (χ2n) is 5.63. The fraction of sp³-hybridized carbons (Fsp3) is 0.533. The summed E-state index contributed by atoms with van der Waals surface area (Å²) in [5.41, 5.74) is -0.0684. The number of fused-ring (bicyclic) bond motifs is 1. The molecule has 0 spiro atoms. The Kier molecular flexibility index (Phi) is 5.63. The summed E-state index contributed by atoms with van der Waals surface area (Å²) in [6, 6.07) is 1.78. The number of aromatic nitrogens is 2. The molecule has 0 radical (unpaired) electrons. The van der Waals surface area contributed by atoms with Crippen molar-refractivity contribution < 1.29 is 4.79 Å². The van der Waals surface area contributed by atoms with E-state index in [-0.39, 0.29) is 16.7 Å². The van der Waals surface area contributed by atoms with E-state index >= 15 is 0 Å². The number of carbonyl (C=O) groups is 1. The van der Waals surface area contributed by atoms with Crippen molar-refractivity contribution in [2.24, 2.45) is 13.0 Å². The molecule has 7 heteroatoms. The molecule has 1 atom stereocenters. The van der Waals surface area contributed by atoms with Gasteiger partial charge >= 0.3 is 0 Å². The van der Waals surface area contributed by atoms with Crippen molar-refractivity contribution >= 4 is 39.2 Å². The van der Waals surface area contributed by atoms with Gasteiger partial charge in [0.1, 0.15) is 4.83 Å². The quantitative estimate of drug-likeness (QED) is 0.649. The second kappa shape index (κ2) is 7.28. The molecule has 0 aromatic carbocycles. The van der Waals surface area contributed by atoms with Gasteiger partial charge in [0.2, 0.25) is 5.91 Å². The van der Waals surface area contributed by atoms with Gasteiger partial charge in [0.15, 0.2) is 5.16 Å². The lowest BCUT2D eigenvalue weighted by Crippen LogP contribution is -2.32. The zero-order chi connectivity index (χ0) is 16.3. The van der Waals surface area contributed by atoms with Crippen molar-refractivity contribution in [3.63, 3.8) is 0 Å². The zero-order valence-electron chi connectivity index (χ0n) is 13.3. The number of rotatable bonds is 6. The van der Waals surface area contributed by atoms with Crippen LogP contribution in [0.1, 0.15) is 27.2 Å². The number of nitrogens with zero attached hydrogens (tertiary/aromatic N) is 2. The first-order valence-electron chi connectivity index (χ1n) is 7.28. The number of amides is 1. The normalized spacial score (nSPS) is 12.8. The van der Waals surface area contributed by atoms with Crippen molar-refractivity contribution in [2.75, 3.05) is 6.54 Å². The molecule has 0 saturated heterocycles. The van der Waals surface area contributed by atoms with E-state index in [2.05, 4.69) is 24.1 Å². The first-order valence-corrected chi connectivity index (χ1v) is 9.04. The second-order valence-corrected chi connectivity index (χ2v) is 7.83.